The van der Waals surface area contributed by atoms with E-state index in [-0.39, 0.29) is 11.9 Å². The monoisotopic (exact) mass is 345 g/mol. The smallest absolute Gasteiger partial charge is 0.243 e. The molecule has 1 N–H and O–H groups in total. The van der Waals surface area contributed by atoms with Gasteiger partial charge in [-0.05, 0) is 31.9 Å². The van der Waals surface area contributed by atoms with E-state index in [1.807, 2.05) is 24.7 Å². The summed E-state index contributed by atoms with van der Waals surface area (Å²) in [5.74, 6) is 0.0125. The van der Waals surface area contributed by atoms with E-state index < -0.39 is 0 Å². The zero-order valence-corrected chi connectivity index (χ0v) is 14.9. The van der Waals surface area contributed by atoms with Crippen LogP contribution in [0.15, 0.2) is 30.0 Å². The molecule has 0 spiro atoms. The van der Waals surface area contributed by atoms with E-state index >= 15 is 0 Å². The number of thiazole rings is 1. The van der Waals surface area contributed by atoms with Crippen molar-refractivity contribution in [2.75, 3.05) is 36.4 Å². The molecule has 1 atom stereocenters. The van der Waals surface area contributed by atoms with E-state index in [9.17, 15) is 4.79 Å². The number of hydrogen-bond acceptors (Lipinski definition) is 6. The Morgan fingerprint density at radius 2 is 2.17 bits per heavy atom. The van der Waals surface area contributed by atoms with Crippen molar-refractivity contribution in [1.29, 1.82) is 0 Å². The summed E-state index contributed by atoms with van der Waals surface area (Å²) in [6.45, 7) is 7.77. The summed E-state index contributed by atoms with van der Waals surface area (Å²) in [6.07, 6.45) is 6.49. The van der Waals surface area contributed by atoms with Gasteiger partial charge in [-0.1, -0.05) is 0 Å². The lowest BCUT2D eigenvalue weighted by atomic mass is 10.2. The van der Waals surface area contributed by atoms with Crippen LogP contribution in [-0.4, -0.2) is 53.0 Å². The zero-order valence-electron chi connectivity index (χ0n) is 14.1. The first-order chi connectivity index (χ1) is 11.6. The van der Waals surface area contributed by atoms with Crippen LogP contribution in [0.5, 0.6) is 0 Å². The standard InChI is InChI=1S/C17H23N5OS/c1-13-12-18-5-4-15(13)22-8-3-7-21(9-10-22)14(2)16(23)20-17-19-6-11-24-17/h4-6,11-12,14H,3,7-10H2,1-2H3,(H,19,20,23). The van der Waals surface area contributed by atoms with E-state index in [0.29, 0.717) is 5.13 Å². The molecular formula is C17H23N5OS. The molecule has 1 fully saturated rings. The Labute approximate surface area is 146 Å². The summed E-state index contributed by atoms with van der Waals surface area (Å²) in [5.41, 5.74) is 2.44. The largest absolute Gasteiger partial charge is 0.370 e. The van der Waals surface area contributed by atoms with Crippen LogP contribution in [0, 0.1) is 6.92 Å². The fourth-order valence-electron chi connectivity index (χ4n) is 3.05. The number of aromatic nitrogens is 2. The highest BCUT2D eigenvalue weighted by atomic mass is 32.1. The quantitative estimate of drug-likeness (QED) is 0.922. The third-order valence-corrected chi connectivity index (χ3v) is 5.14. The Bertz CT molecular complexity index is 675. The lowest BCUT2D eigenvalue weighted by Crippen LogP contribution is -2.44. The molecule has 0 aliphatic carbocycles. The van der Waals surface area contributed by atoms with Crippen LogP contribution >= 0.6 is 11.3 Å². The number of aryl methyl sites for hydroxylation is 1. The number of pyridine rings is 1. The van der Waals surface area contributed by atoms with Crippen molar-refractivity contribution in [2.24, 2.45) is 0 Å². The van der Waals surface area contributed by atoms with E-state index in [0.717, 1.165) is 32.6 Å². The highest BCUT2D eigenvalue weighted by molar-refractivity contribution is 7.13. The van der Waals surface area contributed by atoms with Gasteiger partial charge in [0.25, 0.3) is 0 Å². The van der Waals surface area contributed by atoms with E-state index in [4.69, 9.17) is 0 Å². The van der Waals surface area contributed by atoms with Gasteiger partial charge in [-0.15, -0.1) is 11.3 Å². The zero-order chi connectivity index (χ0) is 16.9. The normalized spacial score (nSPS) is 17.3. The second kappa shape index (κ2) is 7.72. The number of hydrogen-bond donors (Lipinski definition) is 1. The maximum absolute atomic E-state index is 12.4. The lowest BCUT2D eigenvalue weighted by molar-refractivity contribution is -0.120. The third-order valence-electron chi connectivity index (χ3n) is 4.45. The van der Waals surface area contributed by atoms with E-state index in [2.05, 4.69) is 38.1 Å². The molecule has 3 rings (SSSR count). The summed E-state index contributed by atoms with van der Waals surface area (Å²) in [4.78, 5) is 25.3. The Kier molecular flexibility index (Phi) is 5.42. The Hall–Kier alpha value is -1.99. The molecule has 1 unspecified atom stereocenters. The highest BCUT2D eigenvalue weighted by Gasteiger charge is 2.25. The summed E-state index contributed by atoms with van der Waals surface area (Å²) in [5, 5.41) is 5.42. The van der Waals surface area contributed by atoms with Gasteiger partial charge in [0.1, 0.15) is 0 Å². The molecule has 6 nitrogen and oxygen atoms in total. The molecule has 1 aliphatic heterocycles. The average Bonchev–Trinajstić information content (AvgIpc) is 2.97. The first kappa shape index (κ1) is 16.9. The predicted molar refractivity (Wildman–Crippen MR) is 97.6 cm³/mol. The number of carbonyl (C=O) groups is 1. The van der Waals surface area contributed by atoms with Crippen molar-refractivity contribution < 1.29 is 4.79 Å². The topological polar surface area (TPSA) is 61.4 Å². The lowest BCUT2D eigenvalue weighted by Gasteiger charge is -2.27. The van der Waals surface area contributed by atoms with Gasteiger partial charge in [-0.25, -0.2) is 4.98 Å². The minimum absolute atomic E-state index is 0.0125. The molecule has 2 aromatic heterocycles. The SMILES string of the molecule is Cc1cnccc1N1CCCN(C(C)C(=O)Nc2nccs2)CC1. The molecule has 0 radical (unpaired) electrons. The number of nitrogens with zero attached hydrogens (tertiary/aromatic N) is 4. The second-order valence-electron chi connectivity index (χ2n) is 6.04. The number of anilines is 2. The van der Waals surface area contributed by atoms with Crippen molar-refractivity contribution in [2.45, 2.75) is 26.3 Å². The van der Waals surface area contributed by atoms with Crippen molar-refractivity contribution in [3.63, 3.8) is 0 Å². The Morgan fingerprint density at radius 1 is 1.29 bits per heavy atom. The number of amides is 1. The van der Waals surface area contributed by atoms with Crippen LogP contribution in [0.4, 0.5) is 10.8 Å². The number of carbonyl (C=O) groups excluding carboxylic acids is 1. The molecule has 1 aliphatic rings. The fraction of sp³-hybridized carbons (Fsp3) is 0.471. The van der Waals surface area contributed by atoms with Crippen molar-refractivity contribution in [1.82, 2.24) is 14.9 Å². The third kappa shape index (κ3) is 3.91. The molecule has 0 bridgehead atoms. The maximum Gasteiger partial charge on any atom is 0.243 e. The fourth-order valence-corrected chi connectivity index (χ4v) is 3.58. The first-order valence-electron chi connectivity index (χ1n) is 8.25. The van der Waals surface area contributed by atoms with Gasteiger partial charge in [0, 0.05) is 55.8 Å². The first-order valence-corrected chi connectivity index (χ1v) is 9.13. The molecule has 7 heteroatoms. The van der Waals surface area contributed by atoms with Crippen molar-refractivity contribution >= 4 is 28.1 Å². The minimum atomic E-state index is -0.160. The molecule has 24 heavy (non-hydrogen) atoms. The van der Waals surface area contributed by atoms with Gasteiger partial charge < -0.3 is 10.2 Å². The summed E-state index contributed by atoms with van der Waals surface area (Å²) < 4.78 is 0. The van der Waals surface area contributed by atoms with Crippen LogP contribution in [0.25, 0.3) is 0 Å². The van der Waals surface area contributed by atoms with Crippen LogP contribution in [0.1, 0.15) is 18.9 Å². The van der Waals surface area contributed by atoms with Crippen molar-refractivity contribution in [3.8, 4) is 0 Å². The van der Waals surface area contributed by atoms with Crippen LogP contribution in [0.2, 0.25) is 0 Å². The van der Waals surface area contributed by atoms with Gasteiger partial charge in [-0.2, -0.15) is 0 Å². The maximum atomic E-state index is 12.4. The van der Waals surface area contributed by atoms with Crippen molar-refractivity contribution in [3.05, 3.63) is 35.6 Å². The number of nitrogens with one attached hydrogen (secondary N) is 1. The average molecular weight is 345 g/mol. The molecular weight excluding hydrogens is 322 g/mol. The molecule has 2 aromatic rings. The van der Waals surface area contributed by atoms with Gasteiger partial charge in [-0.3, -0.25) is 14.7 Å². The summed E-state index contributed by atoms with van der Waals surface area (Å²) >= 11 is 1.44. The molecule has 0 saturated carbocycles. The molecule has 1 amide bonds. The van der Waals surface area contributed by atoms with Gasteiger partial charge in [0.05, 0.1) is 6.04 Å². The highest BCUT2D eigenvalue weighted by Crippen LogP contribution is 2.21. The van der Waals surface area contributed by atoms with Gasteiger partial charge >= 0.3 is 0 Å². The van der Waals surface area contributed by atoms with Gasteiger partial charge in [0.15, 0.2) is 5.13 Å². The Balaban J connectivity index is 1.60. The van der Waals surface area contributed by atoms with Crippen LogP contribution < -0.4 is 10.2 Å². The minimum Gasteiger partial charge on any atom is -0.370 e. The summed E-state index contributed by atoms with van der Waals surface area (Å²) in [7, 11) is 0. The Morgan fingerprint density at radius 3 is 2.92 bits per heavy atom. The summed E-state index contributed by atoms with van der Waals surface area (Å²) in [6, 6.07) is 1.91. The molecule has 128 valence electrons. The molecule has 0 aromatic carbocycles. The van der Waals surface area contributed by atoms with Crippen LogP contribution in [-0.2, 0) is 4.79 Å². The predicted octanol–water partition coefficient (Wildman–Crippen LogP) is 2.39. The van der Waals surface area contributed by atoms with Gasteiger partial charge in [0.2, 0.25) is 5.91 Å². The molecule has 3 heterocycles. The van der Waals surface area contributed by atoms with E-state index in [1.54, 1.807) is 6.20 Å². The molecule has 1 saturated heterocycles. The van der Waals surface area contributed by atoms with Crippen LogP contribution in [0.3, 0.4) is 0 Å². The second-order valence-corrected chi connectivity index (χ2v) is 6.94. The van der Waals surface area contributed by atoms with E-state index in [1.165, 1.54) is 22.6 Å². The number of rotatable bonds is 4.